The number of benzene rings is 1. The molecular weight excluding hydrogens is 348 g/mol. The highest BCUT2D eigenvalue weighted by Gasteiger charge is 2.39. The van der Waals surface area contributed by atoms with Crippen molar-refractivity contribution in [1.29, 1.82) is 0 Å². The molecule has 1 saturated carbocycles. The molecule has 0 bridgehead atoms. The Morgan fingerprint density at radius 1 is 1.33 bits per heavy atom. The number of carbonyl (C=O) groups is 2. The Bertz CT molecular complexity index is 713. The predicted octanol–water partition coefficient (Wildman–Crippen LogP) is 3.64. The topological polar surface area (TPSA) is 82.1 Å². The van der Waals surface area contributed by atoms with Gasteiger partial charge in [-0.2, -0.15) is 0 Å². The Morgan fingerprint density at radius 2 is 2.04 bits per heavy atom. The van der Waals surface area contributed by atoms with E-state index in [0.717, 1.165) is 0 Å². The third-order valence-electron chi connectivity index (χ3n) is 4.76. The van der Waals surface area contributed by atoms with Crippen LogP contribution in [0, 0.1) is 5.41 Å². The number of hydrogen-bond donors (Lipinski definition) is 1. The number of hydrogen-bond acceptors (Lipinski definition) is 6. The maximum absolute atomic E-state index is 12.1. The van der Waals surface area contributed by atoms with E-state index >= 15 is 0 Å². The van der Waals surface area contributed by atoms with Gasteiger partial charge in [0.25, 0.3) is 0 Å². The van der Waals surface area contributed by atoms with E-state index in [0.29, 0.717) is 37.0 Å². The van der Waals surface area contributed by atoms with Crippen LogP contribution in [0.4, 0.5) is 0 Å². The first-order chi connectivity index (χ1) is 12.9. The smallest absolute Gasteiger partial charge is 0.331 e. The van der Waals surface area contributed by atoms with Gasteiger partial charge in [0.15, 0.2) is 11.5 Å². The lowest BCUT2D eigenvalue weighted by Gasteiger charge is -2.34. The third kappa shape index (κ3) is 5.61. The van der Waals surface area contributed by atoms with Crippen LogP contribution in [0.25, 0.3) is 6.08 Å². The second kappa shape index (κ2) is 9.26. The molecule has 0 spiro atoms. The fraction of sp³-hybridized carbons (Fsp3) is 0.429. The number of esters is 2. The summed E-state index contributed by atoms with van der Waals surface area (Å²) in [6, 6.07) is 4.79. The lowest BCUT2D eigenvalue weighted by Crippen LogP contribution is -2.37. The maximum Gasteiger partial charge on any atom is 0.331 e. The lowest BCUT2D eigenvalue weighted by molar-refractivity contribution is -0.158. The largest absolute Gasteiger partial charge is 0.504 e. The predicted molar refractivity (Wildman–Crippen MR) is 101 cm³/mol. The van der Waals surface area contributed by atoms with E-state index in [1.807, 2.05) is 6.92 Å². The summed E-state index contributed by atoms with van der Waals surface area (Å²) in [5.74, 6) is -0.298. The van der Waals surface area contributed by atoms with Gasteiger partial charge < -0.3 is 19.3 Å². The highest BCUT2D eigenvalue weighted by atomic mass is 16.5. The average Bonchev–Trinajstić information content (AvgIpc) is 2.67. The third-order valence-corrected chi connectivity index (χ3v) is 4.76. The van der Waals surface area contributed by atoms with E-state index in [-0.39, 0.29) is 24.4 Å². The molecule has 27 heavy (non-hydrogen) atoms. The van der Waals surface area contributed by atoms with Gasteiger partial charge in [0.2, 0.25) is 0 Å². The molecule has 1 aromatic carbocycles. The van der Waals surface area contributed by atoms with Crippen molar-refractivity contribution in [2.45, 2.75) is 38.7 Å². The SMILES string of the molecule is C=CCOC(=O)C1(C)CCC(OC(=O)C=Cc2ccc(O)c(OC)c2)CC1. The zero-order valence-corrected chi connectivity index (χ0v) is 15.8. The molecule has 0 aliphatic heterocycles. The molecule has 1 aliphatic carbocycles. The van der Waals surface area contributed by atoms with Crippen LogP contribution in [0.2, 0.25) is 0 Å². The van der Waals surface area contributed by atoms with Gasteiger partial charge >= 0.3 is 11.9 Å². The lowest BCUT2D eigenvalue weighted by atomic mass is 9.74. The molecule has 1 aromatic rings. The summed E-state index contributed by atoms with van der Waals surface area (Å²) >= 11 is 0. The Kier molecular flexibility index (Phi) is 7.05. The maximum atomic E-state index is 12.1. The number of phenols is 1. The van der Waals surface area contributed by atoms with Crippen molar-refractivity contribution in [3.05, 3.63) is 42.5 Å². The van der Waals surface area contributed by atoms with Gasteiger partial charge in [0, 0.05) is 6.08 Å². The Hall–Kier alpha value is -2.76. The minimum Gasteiger partial charge on any atom is -0.504 e. The first-order valence-corrected chi connectivity index (χ1v) is 8.92. The van der Waals surface area contributed by atoms with Crippen LogP contribution in [0.5, 0.6) is 11.5 Å². The molecule has 0 radical (unpaired) electrons. The van der Waals surface area contributed by atoms with Gasteiger partial charge in [0.1, 0.15) is 12.7 Å². The fourth-order valence-corrected chi connectivity index (χ4v) is 3.02. The van der Waals surface area contributed by atoms with E-state index in [2.05, 4.69) is 6.58 Å². The minimum atomic E-state index is -0.537. The molecule has 0 saturated heterocycles. The van der Waals surface area contributed by atoms with Gasteiger partial charge in [-0.1, -0.05) is 18.7 Å². The van der Waals surface area contributed by atoms with Gasteiger partial charge in [-0.25, -0.2) is 4.79 Å². The van der Waals surface area contributed by atoms with Gasteiger partial charge in [-0.3, -0.25) is 4.79 Å². The molecule has 0 unspecified atom stereocenters. The fourth-order valence-electron chi connectivity index (χ4n) is 3.02. The molecule has 2 rings (SSSR count). The van der Waals surface area contributed by atoms with Crippen molar-refractivity contribution in [3.8, 4) is 11.5 Å². The number of carbonyl (C=O) groups excluding carboxylic acids is 2. The second-order valence-corrected chi connectivity index (χ2v) is 6.85. The molecule has 0 aromatic heterocycles. The standard InChI is InChI=1S/C21H26O6/c1-4-13-26-20(24)21(2)11-9-16(10-12-21)27-19(23)8-6-15-5-7-17(22)18(14-15)25-3/h4-8,14,16,22H,1,9-13H2,2-3H3. The first-order valence-electron chi connectivity index (χ1n) is 8.92. The van der Waals surface area contributed by atoms with Gasteiger partial charge in [-0.15, -0.1) is 0 Å². The van der Waals surface area contributed by atoms with Crippen LogP contribution in [0.15, 0.2) is 36.9 Å². The number of aromatic hydroxyl groups is 1. The Balaban J connectivity index is 1.85. The quantitative estimate of drug-likeness (QED) is 0.446. The van der Waals surface area contributed by atoms with Gasteiger partial charge in [-0.05, 0) is 56.4 Å². The molecule has 1 N–H and O–H groups in total. The molecule has 0 heterocycles. The number of methoxy groups -OCH3 is 1. The monoisotopic (exact) mass is 374 g/mol. The van der Waals surface area contributed by atoms with E-state index in [9.17, 15) is 14.7 Å². The van der Waals surface area contributed by atoms with Crippen molar-refractivity contribution >= 4 is 18.0 Å². The zero-order chi connectivity index (χ0) is 19.9. The van der Waals surface area contributed by atoms with Crippen molar-refractivity contribution in [2.75, 3.05) is 13.7 Å². The second-order valence-electron chi connectivity index (χ2n) is 6.85. The summed E-state index contributed by atoms with van der Waals surface area (Å²) in [5.41, 5.74) is 0.174. The number of ether oxygens (including phenoxy) is 3. The molecule has 146 valence electrons. The first kappa shape index (κ1) is 20.6. The molecule has 6 nitrogen and oxygen atoms in total. The summed E-state index contributed by atoms with van der Waals surface area (Å²) < 4.78 is 15.7. The summed E-state index contributed by atoms with van der Waals surface area (Å²) in [4.78, 5) is 24.2. The minimum absolute atomic E-state index is 0.0362. The van der Waals surface area contributed by atoms with Gasteiger partial charge in [0.05, 0.1) is 12.5 Å². The number of rotatable bonds is 7. The van der Waals surface area contributed by atoms with E-state index in [4.69, 9.17) is 14.2 Å². The summed E-state index contributed by atoms with van der Waals surface area (Å²) in [5, 5.41) is 9.58. The van der Waals surface area contributed by atoms with E-state index in [1.165, 1.54) is 19.3 Å². The van der Waals surface area contributed by atoms with Crippen LogP contribution in [0.3, 0.4) is 0 Å². The Labute approximate surface area is 159 Å². The number of phenolic OH excluding ortho intramolecular Hbond substituents is 1. The van der Waals surface area contributed by atoms with Crippen molar-refractivity contribution in [3.63, 3.8) is 0 Å². The van der Waals surface area contributed by atoms with E-state index in [1.54, 1.807) is 24.3 Å². The van der Waals surface area contributed by atoms with Crippen LogP contribution in [-0.4, -0.2) is 36.9 Å². The molecular formula is C21H26O6. The van der Waals surface area contributed by atoms with Crippen molar-refractivity contribution in [1.82, 2.24) is 0 Å². The van der Waals surface area contributed by atoms with Crippen LogP contribution in [0.1, 0.15) is 38.2 Å². The summed E-state index contributed by atoms with van der Waals surface area (Å²) in [7, 11) is 1.46. The van der Waals surface area contributed by atoms with Crippen molar-refractivity contribution in [2.24, 2.45) is 5.41 Å². The van der Waals surface area contributed by atoms with Crippen LogP contribution < -0.4 is 4.74 Å². The summed E-state index contributed by atoms with van der Waals surface area (Å²) in [6.07, 6.45) is 6.74. The molecule has 1 aliphatic rings. The zero-order valence-electron chi connectivity index (χ0n) is 15.8. The summed E-state index contributed by atoms with van der Waals surface area (Å²) in [6.45, 7) is 5.63. The van der Waals surface area contributed by atoms with Crippen LogP contribution >= 0.6 is 0 Å². The normalized spacial score (nSPS) is 22.2. The molecule has 1 fully saturated rings. The molecule has 6 heteroatoms. The van der Waals surface area contributed by atoms with Crippen molar-refractivity contribution < 1.29 is 28.9 Å². The Morgan fingerprint density at radius 3 is 2.67 bits per heavy atom. The molecule has 0 amide bonds. The average molecular weight is 374 g/mol. The highest BCUT2D eigenvalue weighted by Crippen LogP contribution is 2.38. The van der Waals surface area contributed by atoms with E-state index < -0.39 is 11.4 Å². The van der Waals surface area contributed by atoms with Crippen LogP contribution in [-0.2, 0) is 19.1 Å². The highest BCUT2D eigenvalue weighted by molar-refractivity contribution is 5.87. The molecule has 0 atom stereocenters.